The summed E-state index contributed by atoms with van der Waals surface area (Å²) in [5.41, 5.74) is -0.315. The van der Waals surface area contributed by atoms with Crippen LogP contribution in [0.3, 0.4) is 0 Å². The van der Waals surface area contributed by atoms with Gasteiger partial charge in [-0.25, -0.2) is 17.9 Å². The molecule has 0 aromatic heterocycles. The second kappa shape index (κ2) is 7.78. The monoisotopic (exact) mass is 382 g/mol. The average Bonchev–Trinajstić information content (AvgIpc) is 2.47. The molecule has 2 rings (SSSR count). The Balaban J connectivity index is 2.09. The maximum atomic E-state index is 12.3. The molecule has 1 saturated heterocycles. The number of morpholine rings is 1. The number of carboxylic acids is 1. The molecular formula is C13H16Cl2N2O5S. The molecule has 0 bridgehead atoms. The number of ether oxygens (including phenoxy) is 1. The number of benzene rings is 1. The molecule has 1 aliphatic rings. The third kappa shape index (κ3) is 4.79. The lowest BCUT2D eigenvalue weighted by Gasteiger charge is -2.26. The Bertz CT molecular complexity index is 690. The highest BCUT2D eigenvalue weighted by Gasteiger charge is 2.22. The van der Waals surface area contributed by atoms with E-state index in [4.69, 9.17) is 33.0 Å². The van der Waals surface area contributed by atoms with E-state index in [9.17, 15) is 13.2 Å². The number of carboxylic acid groups (broad SMARTS) is 1. The molecule has 0 unspecified atom stereocenters. The van der Waals surface area contributed by atoms with Gasteiger partial charge in [0, 0.05) is 26.2 Å². The average molecular weight is 383 g/mol. The smallest absolute Gasteiger partial charge is 0.337 e. The number of hydrogen-bond acceptors (Lipinski definition) is 5. The molecule has 1 aromatic rings. The Morgan fingerprint density at radius 2 is 1.91 bits per heavy atom. The Hall–Kier alpha value is -0.900. The minimum Gasteiger partial charge on any atom is -0.478 e. The van der Waals surface area contributed by atoms with Gasteiger partial charge < -0.3 is 9.84 Å². The number of aromatic carboxylic acids is 1. The minimum atomic E-state index is -3.93. The third-order valence-corrected chi connectivity index (χ3v) is 5.60. The zero-order chi connectivity index (χ0) is 17.0. The molecular weight excluding hydrogens is 367 g/mol. The zero-order valence-electron chi connectivity index (χ0n) is 12.1. The van der Waals surface area contributed by atoms with Crippen LogP contribution in [-0.2, 0) is 14.8 Å². The standard InChI is InChI=1S/C13H16Cl2N2O5S/c14-10-8-11(15)12(7-9(10)13(18)19)23(20,21)16-1-2-17-3-5-22-6-4-17/h7-8,16H,1-6H2,(H,18,19). The normalized spacial score (nSPS) is 16.4. The predicted molar refractivity (Wildman–Crippen MR) is 85.9 cm³/mol. The first-order valence-electron chi connectivity index (χ1n) is 6.83. The van der Waals surface area contributed by atoms with Crippen LogP contribution < -0.4 is 4.72 Å². The van der Waals surface area contributed by atoms with E-state index >= 15 is 0 Å². The fourth-order valence-corrected chi connectivity index (χ4v) is 4.01. The first-order valence-corrected chi connectivity index (χ1v) is 9.07. The summed E-state index contributed by atoms with van der Waals surface area (Å²) in [6.45, 7) is 3.44. The van der Waals surface area contributed by atoms with Gasteiger partial charge in [-0.3, -0.25) is 4.90 Å². The molecule has 0 spiro atoms. The van der Waals surface area contributed by atoms with Gasteiger partial charge in [-0.2, -0.15) is 0 Å². The van der Waals surface area contributed by atoms with Crippen LogP contribution in [-0.4, -0.2) is 63.8 Å². The summed E-state index contributed by atoms with van der Waals surface area (Å²) in [5.74, 6) is -1.32. The fourth-order valence-electron chi connectivity index (χ4n) is 2.14. The van der Waals surface area contributed by atoms with Crippen molar-refractivity contribution >= 4 is 39.2 Å². The van der Waals surface area contributed by atoms with Gasteiger partial charge in [0.15, 0.2) is 0 Å². The van der Waals surface area contributed by atoms with E-state index in [1.54, 1.807) is 0 Å². The molecule has 7 nitrogen and oxygen atoms in total. The number of carbonyl (C=O) groups is 1. The molecule has 1 heterocycles. The molecule has 2 N–H and O–H groups in total. The molecule has 128 valence electrons. The molecule has 1 aliphatic heterocycles. The van der Waals surface area contributed by atoms with E-state index in [0.717, 1.165) is 25.2 Å². The Morgan fingerprint density at radius 1 is 1.26 bits per heavy atom. The Labute approximate surface area is 144 Å². The lowest BCUT2D eigenvalue weighted by Crippen LogP contribution is -2.41. The topological polar surface area (TPSA) is 95.9 Å². The number of sulfonamides is 1. The molecule has 0 atom stereocenters. The van der Waals surface area contributed by atoms with E-state index in [1.807, 2.05) is 0 Å². The van der Waals surface area contributed by atoms with Crippen LogP contribution in [0.2, 0.25) is 10.0 Å². The molecule has 23 heavy (non-hydrogen) atoms. The predicted octanol–water partition coefficient (Wildman–Crippen LogP) is 1.30. The van der Waals surface area contributed by atoms with Crippen LogP contribution in [0, 0.1) is 0 Å². The van der Waals surface area contributed by atoms with Gasteiger partial charge >= 0.3 is 5.97 Å². The van der Waals surface area contributed by atoms with Gasteiger partial charge in [0.05, 0.1) is 28.8 Å². The van der Waals surface area contributed by atoms with Crippen LogP contribution >= 0.6 is 23.2 Å². The van der Waals surface area contributed by atoms with Gasteiger partial charge in [-0.1, -0.05) is 23.2 Å². The van der Waals surface area contributed by atoms with Crippen molar-refractivity contribution < 1.29 is 23.1 Å². The summed E-state index contributed by atoms with van der Waals surface area (Å²) in [6.07, 6.45) is 0. The number of halogens is 2. The SMILES string of the molecule is O=C(O)c1cc(S(=O)(=O)NCCN2CCOCC2)c(Cl)cc1Cl. The summed E-state index contributed by atoms with van der Waals surface area (Å²) in [4.78, 5) is 12.8. The van der Waals surface area contributed by atoms with Gasteiger partial charge in [0.25, 0.3) is 0 Å². The number of hydrogen-bond donors (Lipinski definition) is 2. The van der Waals surface area contributed by atoms with Crippen LogP contribution in [0.25, 0.3) is 0 Å². The van der Waals surface area contributed by atoms with Crippen molar-refractivity contribution in [3.05, 3.63) is 27.7 Å². The minimum absolute atomic E-state index is 0.116. The summed E-state index contributed by atoms with van der Waals surface area (Å²) < 4.78 is 32.2. The van der Waals surface area contributed by atoms with Crippen LogP contribution in [0.1, 0.15) is 10.4 Å². The first kappa shape index (κ1) is 18.4. The molecule has 1 fully saturated rings. The number of nitrogens with zero attached hydrogens (tertiary/aromatic N) is 1. The summed E-state index contributed by atoms with van der Waals surface area (Å²) in [5, 5.41) is 8.79. The lowest BCUT2D eigenvalue weighted by molar-refractivity contribution is 0.0390. The van der Waals surface area contributed by atoms with E-state index in [1.165, 1.54) is 0 Å². The van der Waals surface area contributed by atoms with E-state index < -0.39 is 16.0 Å². The highest BCUT2D eigenvalue weighted by atomic mass is 35.5. The molecule has 0 amide bonds. The highest BCUT2D eigenvalue weighted by molar-refractivity contribution is 7.89. The van der Waals surface area contributed by atoms with Crippen molar-refractivity contribution in [1.82, 2.24) is 9.62 Å². The Morgan fingerprint density at radius 3 is 2.52 bits per heavy atom. The number of rotatable bonds is 6. The van der Waals surface area contributed by atoms with Crippen LogP contribution in [0.5, 0.6) is 0 Å². The Kier molecular flexibility index (Phi) is 6.24. The van der Waals surface area contributed by atoms with Gasteiger partial charge in [0.2, 0.25) is 10.0 Å². The molecule has 0 radical (unpaired) electrons. The summed E-state index contributed by atoms with van der Waals surface area (Å²) in [7, 11) is -3.93. The molecule has 0 aliphatic carbocycles. The third-order valence-electron chi connectivity index (χ3n) is 3.37. The van der Waals surface area contributed by atoms with Crippen molar-refractivity contribution in [2.75, 3.05) is 39.4 Å². The largest absolute Gasteiger partial charge is 0.478 e. The molecule has 10 heteroatoms. The van der Waals surface area contributed by atoms with Gasteiger partial charge in [-0.05, 0) is 12.1 Å². The van der Waals surface area contributed by atoms with E-state index in [2.05, 4.69) is 9.62 Å². The number of nitrogens with one attached hydrogen (secondary N) is 1. The van der Waals surface area contributed by atoms with Crippen LogP contribution in [0.4, 0.5) is 0 Å². The molecule has 1 aromatic carbocycles. The van der Waals surface area contributed by atoms with Crippen molar-refractivity contribution in [2.45, 2.75) is 4.90 Å². The van der Waals surface area contributed by atoms with E-state index in [-0.39, 0.29) is 27.0 Å². The second-order valence-electron chi connectivity index (χ2n) is 4.92. The second-order valence-corrected chi connectivity index (χ2v) is 7.47. The quantitative estimate of drug-likeness (QED) is 0.769. The summed E-state index contributed by atoms with van der Waals surface area (Å²) >= 11 is 11.6. The zero-order valence-corrected chi connectivity index (χ0v) is 14.4. The van der Waals surface area contributed by atoms with Crippen LogP contribution in [0.15, 0.2) is 17.0 Å². The first-order chi connectivity index (χ1) is 10.8. The highest BCUT2D eigenvalue weighted by Crippen LogP contribution is 2.28. The van der Waals surface area contributed by atoms with E-state index in [0.29, 0.717) is 19.8 Å². The maximum Gasteiger partial charge on any atom is 0.337 e. The van der Waals surface area contributed by atoms with Crippen molar-refractivity contribution in [1.29, 1.82) is 0 Å². The lowest BCUT2D eigenvalue weighted by atomic mass is 10.2. The van der Waals surface area contributed by atoms with Gasteiger partial charge in [-0.15, -0.1) is 0 Å². The maximum absolute atomic E-state index is 12.3. The van der Waals surface area contributed by atoms with Crippen molar-refractivity contribution in [3.8, 4) is 0 Å². The van der Waals surface area contributed by atoms with Crippen molar-refractivity contribution in [2.24, 2.45) is 0 Å². The van der Waals surface area contributed by atoms with Gasteiger partial charge in [0.1, 0.15) is 4.90 Å². The summed E-state index contributed by atoms with van der Waals surface area (Å²) in [6, 6.07) is 2.08. The molecule has 0 saturated carbocycles. The fraction of sp³-hybridized carbons (Fsp3) is 0.462. The van der Waals surface area contributed by atoms with Crippen molar-refractivity contribution in [3.63, 3.8) is 0 Å².